The van der Waals surface area contributed by atoms with Gasteiger partial charge in [-0.15, -0.1) is 0 Å². The van der Waals surface area contributed by atoms with Crippen molar-refractivity contribution in [2.24, 2.45) is 0 Å². The topological polar surface area (TPSA) is 68.5 Å². The molecule has 5 nitrogen and oxygen atoms in total. The van der Waals surface area contributed by atoms with Crippen molar-refractivity contribution in [3.63, 3.8) is 0 Å². The predicted molar refractivity (Wildman–Crippen MR) is 81.5 cm³/mol. The molecule has 0 aliphatic rings. The summed E-state index contributed by atoms with van der Waals surface area (Å²) in [5.74, 6) is 0.162. The van der Waals surface area contributed by atoms with Gasteiger partial charge in [0.2, 0.25) is 0 Å². The zero-order chi connectivity index (χ0) is 14.8. The molecule has 0 bridgehead atoms. The fourth-order valence-electron chi connectivity index (χ4n) is 1.72. The highest BCUT2D eigenvalue weighted by atomic mass is 35.5. The molecule has 1 aromatic heterocycles. The number of amides is 1. The standard InChI is InChI=1S/C14H8ClNO4S/c15-9-6-11-12(21-14(18)20-11)7-10(9)19-13(17)16-8-4-2-1-3-5-8/h1-7H,(H,16,17). The number of nitrogens with one attached hydrogen (secondary N) is 1. The molecule has 0 unspecified atom stereocenters. The van der Waals surface area contributed by atoms with Crippen LogP contribution in [0.5, 0.6) is 5.75 Å². The van der Waals surface area contributed by atoms with Crippen molar-refractivity contribution in [2.45, 2.75) is 0 Å². The molecule has 0 spiro atoms. The van der Waals surface area contributed by atoms with Crippen LogP contribution < -0.4 is 15.0 Å². The first-order valence-corrected chi connectivity index (χ1v) is 7.08. The van der Waals surface area contributed by atoms with Crippen LogP contribution >= 0.6 is 22.9 Å². The summed E-state index contributed by atoms with van der Waals surface area (Å²) < 4.78 is 10.6. The molecule has 1 N–H and O–H groups in total. The fourth-order valence-corrected chi connectivity index (χ4v) is 2.59. The molecule has 3 rings (SSSR count). The third kappa shape index (κ3) is 3.07. The van der Waals surface area contributed by atoms with Gasteiger partial charge >= 0.3 is 11.0 Å². The minimum absolute atomic E-state index is 0.162. The summed E-state index contributed by atoms with van der Waals surface area (Å²) in [6, 6.07) is 11.8. The van der Waals surface area contributed by atoms with Crippen LogP contribution in [-0.4, -0.2) is 6.09 Å². The van der Waals surface area contributed by atoms with E-state index in [0.717, 1.165) is 11.3 Å². The quantitative estimate of drug-likeness (QED) is 0.771. The molecule has 1 amide bonds. The first kappa shape index (κ1) is 13.7. The van der Waals surface area contributed by atoms with Crippen molar-refractivity contribution in [2.75, 3.05) is 5.32 Å². The van der Waals surface area contributed by atoms with E-state index in [1.54, 1.807) is 24.3 Å². The van der Waals surface area contributed by atoms with E-state index in [0.29, 0.717) is 16.0 Å². The maximum Gasteiger partial charge on any atom is 0.417 e. The summed E-state index contributed by atoms with van der Waals surface area (Å²) in [5.41, 5.74) is 0.971. The molecule has 21 heavy (non-hydrogen) atoms. The number of anilines is 1. The lowest BCUT2D eigenvalue weighted by Gasteiger charge is -2.07. The van der Waals surface area contributed by atoms with E-state index in [4.69, 9.17) is 20.8 Å². The number of benzene rings is 2. The lowest BCUT2D eigenvalue weighted by Crippen LogP contribution is -2.16. The Balaban J connectivity index is 1.82. The Labute approximate surface area is 127 Å². The molecule has 0 saturated heterocycles. The molecule has 3 aromatic rings. The van der Waals surface area contributed by atoms with Gasteiger partial charge in [0.15, 0.2) is 11.3 Å². The van der Waals surface area contributed by atoms with Crippen LogP contribution in [0.15, 0.2) is 51.7 Å². The van der Waals surface area contributed by atoms with Crippen molar-refractivity contribution in [1.82, 2.24) is 0 Å². The second-order valence-electron chi connectivity index (χ2n) is 4.06. The van der Waals surface area contributed by atoms with Crippen LogP contribution in [0, 0.1) is 0 Å². The molecule has 0 saturated carbocycles. The second-order valence-corrected chi connectivity index (χ2v) is 5.45. The first-order valence-electron chi connectivity index (χ1n) is 5.89. The van der Waals surface area contributed by atoms with Gasteiger partial charge in [-0.05, 0) is 12.1 Å². The Morgan fingerprint density at radius 3 is 2.76 bits per heavy atom. The lowest BCUT2D eigenvalue weighted by molar-refractivity contribution is 0.215. The van der Waals surface area contributed by atoms with Gasteiger partial charge in [-0.1, -0.05) is 41.1 Å². The molecular weight excluding hydrogens is 314 g/mol. The number of hydrogen-bond donors (Lipinski definition) is 1. The summed E-state index contributed by atoms with van der Waals surface area (Å²) in [4.78, 5) is 22.5. The number of carbonyl (C=O) groups is 1. The Morgan fingerprint density at radius 2 is 2.00 bits per heavy atom. The second kappa shape index (κ2) is 5.59. The Bertz CT molecular complexity index is 856. The van der Waals surface area contributed by atoms with E-state index in [9.17, 15) is 9.59 Å². The first-order chi connectivity index (χ1) is 10.1. The molecule has 0 aliphatic carbocycles. The molecule has 7 heteroatoms. The van der Waals surface area contributed by atoms with E-state index in [2.05, 4.69) is 5.32 Å². The van der Waals surface area contributed by atoms with Gasteiger partial charge in [0.1, 0.15) is 0 Å². The molecule has 0 aliphatic heterocycles. The highest BCUT2D eigenvalue weighted by molar-refractivity contribution is 7.16. The van der Waals surface area contributed by atoms with E-state index < -0.39 is 11.0 Å². The number of para-hydroxylation sites is 1. The van der Waals surface area contributed by atoms with Crippen LogP contribution in [-0.2, 0) is 0 Å². The maximum atomic E-state index is 11.8. The van der Waals surface area contributed by atoms with Gasteiger partial charge in [-0.2, -0.15) is 0 Å². The molecule has 0 fully saturated rings. The minimum atomic E-state index is -0.668. The van der Waals surface area contributed by atoms with Crippen LogP contribution in [0.1, 0.15) is 0 Å². The van der Waals surface area contributed by atoms with Gasteiger partial charge in [0.25, 0.3) is 0 Å². The Kier molecular flexibility index (Phi) is 3.64. The number of ether oxygens (including phenoxy) is 1. The zero-order valence-corrected chi connectivity index (χ0v) is 12.0. The number of carbonyl (C=O) groups excluding carboxylic acids is 1. The third-order valence-electron chi connectivity index (χ3n) is 2.61. The smallest absolute Gasteiger partial charge is 0.414 e. The summed E-state index contributed by atoms with van der Waals surface area (Å²) in [5, 5.41) is 2.76. The zero-order valence-electron chi connectivity index (χ0n) is 10.5. The summed E-state index contributed by atoms with van der Waals surface area (Å²) in [6.45, 7) is 0. The largest absolute Gasteiger partial charge is 0.417 e. The molecule has 106 valence electrons. The number of fused-ring (bicyclic) bond motifs is 1. The van der Waals surface area contributed by atoms with Crippen LogP contribution in [0.2, 0.25) is 5.02 Å². The summed E-state index contributed by atoms with van der Waals surface area (Å²) in [7, 11) is 0. The monoisotopic (exact) mass is 321 g/mol. The Morgan fingerprint density at radius 1 is 1.24 bits per heavy atom. The van der Waals surface area contributed by atoms with Crippen molar-refractivity contribution >= 4 is 45.0 Å². The van der Waals surface area contributed by atoms with Gasteiger partial charge < -0.3 is 9.15 Å². The number of hydrogen-bond acceptors (Lipinski definition) is 5. The average Bonchev–Trinajstić information content (AvgIpc) is 2.79. The molecule has 2 aromatic carbocycles. The average molecular weight is 322 g/mol. The fraction of sp³-hybridized carbons (Fsp3) is 0. The molecular formula is C14H8ClNO4S. The van der Waals surface area contributed by atoms with Crippen LogP contribution in [0.3, 0.4) is 0 Å². The van der Waals surface area contributed by atoms with Crippen molar-refractivity contribution in [3.8, 4) is 5.75 Å². The SMILES string of the molecule is O=C(Nc1ccccc1)Oc1cc2sc(=O)oc2cc1Cl. The van der Waals surface area contributed by atoms with E-state index in [1.807, 2.05) is 6.07 Å². The predicted octanol–water partition coefficient (Wildman–Crippen LogP) is 4.12. The highest BCUT2D eigenvalue weighted by Gasteiger charge is 2.12. The maximum absolute atomic E-state index is 11.8. The van der Waals surface area contributed by atoms with E-state index in [1.165, 1.54) is 12.1 Å². The van der Waals surface area contributed by atoms with Crippen molar-refractivity contribution in [1.29, 1.82) is 0 Å². The van der Waals surface area contributed by atoms with Gasteiger partial charge in [-0.3, -0.25) is 5.32 Å². The normalized spacial score (nSPS) is 10.5. The van der Waals surface area contributed by atoms with Gasteiger partial charge in [-0.25, -0.2) is 9.59 Å². The van der Waals surface area contributed by atoms with Crippen molar-refractivity contribution in [3.05, 3.63) is 57.2 Å². The molecule has 1 heterocycles. The molecule has 0 atom stereocenters. The van der Waals surface area contributed by atoms with Crippen LogP contribution in [0.25, 0.3) is 10.3 Å². The number of halogens is 1. The Hall–Kier alpha value is -2.31. The van der Waals surface area contributed by atoms with Crippen LogP contribution in [0.4, 0.5) is 10.5 Å². The third-order valence-corrected chi connectivity index (χ3v) is 3.69. The van der Waals surface area contributed by atoms with Gasteiger partial charge in [0.05, 0.1) is 9.72 Å². The highest BCUT2D eigenvalue weighted by Crippen LogP contribution is 2.31. The van der Waals surface area contributed by atoms with E-state index >= 15 is 0 Å². The summed E-state index contributed by atoms with van der Waals surface area (Å²) in [6.07, 6.45) is -0.668. The molecule has 0 radical (unpaired) electrons. The van der Waals surface area contributed by atoms with Gasteiger partial charge in [0, 0.05) is 17.8 Å². The van der Waals surface area contributed by atoms with E-state index in [-0.39, 0.29) is 10.8 Å². The number of rotatable bonds is 2. The lowest BCUT2D eigenvalue weighted by atomic mass is 10.3. The minimum Gasteiger partial charge on any atom is -0.414 e. The summed E-state index contributed by atoms with van der Waals surface area (Å²) >= 11 is 6.91. The van der Waals surface area contributed by atoms with Crippen molar-refractivity contribution < 1.29 is 13.9 Å².